The molecule has 0 saturated carbocycles. The summed E-state index contributed by atoms with van der Waals surface area (Å²) in [6.45, 7) is 6.60. The Kier molecular flexibility index (Phi) is 3.66. The Balaban J connectivity index is 2.11. The van der Waals surface area contributed by atoms with Crippen molar-refractivity contribution >= 4 is 5.69 Å². The van der Waals surface area contributed by atoms with Crippen molar-refractivity contribution in [2.45, 2.75) is 27.3 Å². The van der Waals surface area contributed by atoms with Crippen molar-refractivity contribution in [3.63, 3.8) is 0 Å². The average molecular weight is 243 g/mol. The number of rotatable bonds is 3. The Morgan fingerprint density at radius 3 is 2.50 bits per heavy atom. The molecule has 2 aromatic rings. The third kappa shape index (κ3) is 2.70. The van der Waals surface area contributed by atoms with E-state index in [-0.39, 0.29) is 5.82 Å². The van der Waals surface area contributed by atoms with Crippen molar-refractivity contribution in [1.82, 2.24) is 0 Å². The highest BCUT2D eigenvalue weighted by Crippen LogP contribution is 2.19. The van der Waals surface area contributed by atoms with Gasteiger partial charge >= 0.3 is 0 Å². The van der Waals surface area contributed by atoms with Crippen LogP contribution in [-0.2, 0) is 6.54 Å². The van der Waals surface area contributed by atoms with Crippen LogP contribution in [0.3, 0.4) is 0 Å². The second-order valence-corrected chi connectivity index (χ2v) is 4.68. The molecule has 0 aliphatic carbocycles. The minimum atomic E-state index is -0.143. The maximum Gasteiger partial charge on any atom is 0.126 e. The molecule has 0 unspecified atom stereocenters. The first-order chi connectivity index (χ1) is 8.58. The summed E-state index contributed by atoms with van der Waals surface area (Å²) in [6.07, 6.45) is 0. The van der Waals surface area contributed by atoms with Crippen LogP contribution in [0.25, 0.3) is 0 Å². The fourth-order valence-corrected chi connectivity index (χ4v) is 1.89. The van der Waals surface area contributed by atoms with Gasteiger partial charge in [-0.3, -0.25) is 0 Å². The van der Waals surface area contributed by atoms with E-state index in [4.69, 9.17) is 0 Å². The van der Waals surface area contributed by atoms with Gasteiger partial charge in [0.25, 0.3) is 0 Å². The van der Waals surface area contributed by atoms with Crippen molar-refractivity contribution in [2.75, 3.05) is 5.32 Å². The van der Waals surface area contributed by atoms with Crippen molar-refractivity contribution in [1.29, 1.82) is 0 Å². The number of hydrogen-bond donors (Lipinski definition) is 1. The Hall–Kier alpha value is -1.83. The molecule has 1 nitrogen and oxygen atoms in total. The molecule has 2 aromatic carbocycles. The third-order valence-corrected chi connectivity index (χ3v) is 3.32. The minimum Gasteiger partial charge on any atom is -0.381 e. The molecule has 0 atom stereocenters. The van der Waals surface area contributed by atoms with Gasteiger partial charge in [0.05, 0.1) is 0 Å². The second kappa shape index (κ2) is 5.21. The first-order valence-corrected chi connectivity index (χ1v) is 6.13. The predicted molar refractivity (Wildman–Crippen MR) is 74.4 cm³/mol. The van der Waals surface area contributed by atoms with E-state index in [0.717, 1.165) is 11.3 Å². The fraction of sp³-hybridized carbons (Fsp3) is 0.250. The van der Waals surface area contributed by atoms with Gasteiger partial charge in [-0.25, -0.2) is 4.39 Å². The molecule has 2 rings (SSSR count). The number of anilines is 1. The highest BCUT2D eigenvalue weighted by atomic mass is 19.1. The van der Waals surface area contributed by atoms with Gasteiger partial charge in [0.15, 0.2) is 0 Å². The lowest BCUT2D eigenvalue weighted by molar-refractivity contribution is 0.616. The molecular formula is C16H18FN. The van der Waals surface area contributed by atoms with Gasteiger partial charge in [0, 0.05) is 12.2 Å². The fourth-order valence-electron chi connectivity index (χ4n) is 1.89. The molecule has 18 heavy (non-hydrogen) atoms. The number of benzene rings is 2. The van der Waals surface area contributed by atoms with Crippen LogP contribution in [0.15, 0.2) is 36.4 Å². The molecule has 0 aliphatic rings. The van der Waals surface area contributed by atoms with E-state index in [0.29, 0.717) is 12.1 Å². The molecule has 0 fully saturated rings. The molecule has 0 aromatic heterocycles. The average Bonchev–Trinajstić information content (AvgIpc) is 2.35. The molecule has 0 aliphatic heterocycles. The zero-order chi connectivity index (χ0) is 13.1. The highest BCUT2D eigenvalue weighted by Gasteiger charge is 2.02. The lowest BCUT2D eigenvalue weighted by Gasteiger charge is -2.11. The molecule has 0 amide bonds. The van der Waals surface area contributed by atoms with E-state index in [9.17, 15) is 4.39 Å². The monoisotopic (exact) mass is 243 g/mol. The van der Waals surface area contributed by atoms with Crippen LogP contribution in [0, 0.1) is 26.6 Å². The van der Waals surface area contributed by atoms with E-state index in [1.165, 1.54) is 11.1 Å². The topological polar surface area (TPSA) is 12.0 Å². The number of halogens is 1. The summed E-state index contributed by atoms with van der Waals surface area (Å²) in [5.41, 5.74) is 5.25. The Morgan fingerprint density at radius 2 is 1.78 bits per heavy atom. The van der Waals surface area contributed by atoms with Crippen molar-refractivity contribution < 1.29 is 4.39 Å². The smallest absolute Gasteiger partial charge is 0.126 e. The van der Waals surface area contributed by atoms with Crippen LogP contribution in [0.1, 0.15) is 22.3 Å². The molecule has 0 radical (unpaired) electrons. The minimum absolute atomic E-state index is 0.143. The first kappa shape index (κ1) is 12.6. The van der Waals surface area contributed by atoms with Crippen LogP contribution in [0.2, 0.25) is 0 Å². The maximum atomic E-state index is 13.4. The van der Waals surface area contributed by atoms with Crippen molar-refractivity contribution in [3.8, 4) is 0 Å². The normalized spacial score (nSPS) is 10.4. The predicted octanol–water partition coefficient (Wildman–Crippen LogP) is 4.36. The molecule has 0 spiro atoms. The van der Waals surface area contributed by atoms with Gasteiger partial charge in [0.1, 0.15) is 5.82 Å². The first-order valence-electron chi connectivity index (χ1n) is 6.13. The number of hydrogen-bond acceptors (Lipinski definition) is 1. The van der Waals surface area contributed by atoms with E-state index in [1.807, 2.05) is 24.3 Å². The Bertz CT molecular complexity index is 561. The largest absolute Gasteiger partial charge is 0.381 e. The van der Waals surface area contributed by atoms with E-state index >= 15 is 0 Å². The SMILES string of the molecule is Cc1ccc(CNc2cccc(C)c2C)cc1F. The number of aryl methyl sites for hydroxylation is 2. The van der Waals surface area contributed by atoms with Gasteiger partial charge in [-0.15, -0.1) is 0 Å². The van der Waals surface area contributed by atoms with Gasteiger partial charge in [-0.05, 0) is 55.2 Å². The molecular weight excluding hydrogens is 225 g/mol. The molecule has 2 heteroatoms. The zero-order valence-electron chi connectivity index (χ0n) is 11.0. The lowest BCUT2D eigenvalue weighted by atomic mass is 10.1. The summed E-state index contributed by atoms with van der Waals surface area (Å²) < 4.78 is 13.4. The van der Waals surface area contributed by atoms with Crippen LogP contribution in [0.5, 0.6) is 0 Å². The summed E-state index contributed by atoms with van der Waals surface area (Å²) in [5.74, 6) is -0.143. The van der Waals surface area contributed by atoms with Gasteiger partial charge in [-0.1, -0.05) is 24.3 Å². The van der Waals surface area contributed by atoms with Crippen LogP contribution in [0.4, 0.5) is 10.1 Å². The van der Waals surface area contributed by atoms with Gasteiger partial charge in [-0.2, -0.15) is 0 Å². The third-order valence-electron chi connectivity index (χ3n) is 3.32. The number of nitrogens with one attached hydrogen (secondary N) is 1. The van der Waals surface area contributed by atoms with Crippen molar-refractivity contribution in [3.05, 3.63) is 64.5 Å². The van der Waals surface area contributed by atoms with E-state index in [1.54, 1.807) is 13.0 Å². The lowest BCUT2D eigenvalue weighted by Crippen LogP contribution is -2.02. The molecule has 0 saturated heterocycles. The Morgan fingerprint density at radius 1 is 1.00 bits per heavy atom. The summed E-state index contributed by atoms with van der Waals surface area (Å²) in [6, 6.07) is 11.5. The molecule has 1 N–H and O–H groups in total. The maximum absolute atomic E-state index is 13.4. The summed E-state index contributed by atoms with van der Waals surface area (Å²) in [4.78, 5) is 0. The van der Waals surface area contributed by atoms with E-state index in [2.05, 4.69) is 25.2 Å². The highest BCUT2D eigenvalue weighted by molar-refractivity contribution is 5.53. The Labute approximate surface area is 108 Å². The molecule has 0 bridgehead atoms. The summed E-state index contributed by atoms with van der Waals surface area (Å²) in [7, 11) is 0. The van der Waals surface area contributed by atoms with Gasteiger partial charge < -0.3 is 5.32 Å². The summed E-state index contributed by atoms with van der Waals surface area (Å²) in [5, 5.41) is 3.35. The zero-order valence-corrected chi connectivity index (χ0v) is 11.0. The van der Waals surface area contributed by atoms with Crippen LogP contribution >= 0.6 is 0 Å². The second-order valence-electron chi connectivity index (χ2n) is 4.68. The van der Waals surface area contributed by atoms with E-state index < -0.39 is 0 Å². The quantitative estimate of drug-likeness (QED) is 0.844. The van der Waals surface area contributed by atoms with Crippen LogP contribution in [-0.4, -0.2) is 0 Å². The van der Waals surface area contributed by atoms with Crippen molar-refractivity contribution in [2.24, 2.45) is 0 Å². The molecule has 0 heterocycles. The summed E-state index contributed by atoms with van der Waals surface area (Å²) >= 11 is 0. The molecule has 94 valence electrons. The standard InChI is InChI=1S/C16H18FN/c1-11-5-4-6-16(13(11)3)18-10-14-8-7-12(2)15(17)9-14/h4-9,18H,10H2,1-3H3. The van der Waals surface area contributed by atoms with Gasteiger partial charge in [0.2, 0.25) is 0 Å². The van der Waals surface area contributed by atoms with Crippen LogP contribution < -0.4 is 5.32 Å².